The molecule has 0 spiro atoms. The first-order chi connectivity index (χ1) is 8.27. The summed E-state index contributed by atoms with van der Waals surface area (Å²) in [5, 5.41) is 11.4. The highest BCUT2D eigenvalue weighted by Gasteiger charge is 2.04. The summed E-state index contributed by atoms with van der Waals surface area (Å²) >= 11 is 0. The van der Waals surface area contributed by atoms with E-state index in [1.807, 2.05) is 6.07 Å². The molecule has 3 nitrogen and oxygen atoms in total. The molecule has 0 heterocycles. The number of benzene rings is 1. The molecule has 0 radical (unpaired) electrons. The molecule has 90 valence electrons. The Morgan fingerprint density at radius 2 is 2.29 bits per heavy atom. The van der Waals surface area contributed by atoms with Crippen LogP contribution in [0.3, 0.4) is 0 Å². The number of nitrogens with one attached hydrogen (secondary N) is 1. The SMILES string of the molecule is CCCCNC(=O)c1cccc(C#CCO)c1. The number of carbonyl (C=O) groups is 1. The number of hydrogen-bond acceptors (Lipinski definition) is 2. The van der Waals surface area contributed by atoms with E-state index < -0.39 is 0 Å². The second-order valence-corrected chi connectivity index (χ2v) is 3.65. The van der Waals surface area contributed by atoms with Crippen molar-refractivity contribution in [2.45, 2.75) is 19.8 Å². The van der Waals surface area contributed by atoms with Crippen LogP contribution in [-0.4, -0.2) is 24.2 Å². The molecule has 0 bridgehead atoms. The summed E-state index contributed by atoms with van der Waals surface area (Å²) in [4.78, 5) is 11.7. The van der Waals surface area contributed by atoms with Gasteiger partial charge in [0.25, 0.3) is 5.91 Å². The lowest BCUT2D eigenvalue weighted by Gasteiger charge is -2.04. The van der Waals surface area contributed by atoms with Crippen LogP contribution in [0.1, 0.15) is 35.7 Å². The predicted molar refractivity (Wildman–Crippen MR) is 67.6 cm³/mol. The fourth-order valence-electron chi connectivity index (χ4n) is 1.36. The molecule has 0 saturated heterocycles. The first-order valence-corrected chi connectivity index (χ1v) is 5.76. The minimum Gasteiger partial charge on any atom is -0.384 e. The molecule has 0 fully saturated rings. The van der Waals surface area contributed by atoms with E-state index in [1.54, 1.807) is 18.2 Å². The summed E-state index contributed by atoms with van der Waals surface area (Å²) in [5.74, 6) is 5.26. The fourth-order valence-corrected chi connectivity index (χ4v) is 1.36. The van der Waals surface area contributed by atoms with E-state index in [0.29, 0.717) is 12.1 Å². The van der Waals surface area contributed by atoms with Gasteiger partial charge in [0.1, 0.15) is 6.61 Å². The van der Waals surface area contributed by atoms with Crippen molar-refractivity contribution in [2.75, 3.05) is 13.2 Å². The van der Waals surface area contributed by atoms with E-state index in [2.05, 4.69) is 24.1 Å². The zero-order chi connectivity index (χ0) is 12.5. The van der Waals surface area contributed by atoms with Crippen molar-refractivity contribution in [3.05, 3.63) is 35.4 Å². The Kier molecular flexibility index (Phi) is 5.84. The maximum Gasteiger partial charge on any atom is 0.251 e. The van der Waals surface area contributed by atoms with Crippen LogP contribution in [0.2, 0.25) is 0 Å². The Morgan fingerprint density at radius 1 is 1.47 bits per heavy atom. The first-order valence-electron chi connectivity index (χ1n) is 5.76. The standard InChI is InChI=1S/C14H17NO2/c1-2-3-9-15-14(17)13-8-4-6-12(11-13)7-5-10-16/h4,6,8,11,16H,2-3,9-10H2,1H3,(H,15,17). The number of rotatable bonds is 4. The van der Waals surface area contributed by atoms with Crippen molar-refractivity contribution in [3.8, 4) is 11.8 Å². The van der Waals surface area contributed by atoms with Gasteiger partial charge in [-0.15, -0.1) is 0 Å². The van der Waals surface area contributed by atoms with E-state index in [0.717, 1.165) is 18.4 Å². The molecule has 0 aliphatic rings. The average molecular weight is 231 g/mol. The zero-order valence-electron chi connectivity index (χ0n) is 9.99. The summed E-state index contributed by atoms with van der Waals surface area (Å²) in [6, 6.07) is 7.08. The third-order valence-corrected chi connectivity index (χ3v) is 2.25. The molecule has 2 N–H and O–H groups in total. The van der Waals surface area contributed by atoms with Gasteiger partial charge in [0.15, 0.2) is 0 Å². The maximum absolute atomic E-state index is 11.7. The first kappa shape index (κ1) is 13.3. The van der Waals surface area contributed by atoms with Gasteiger partial charge in [0, 0.05) is 17.7 Å². The molecule has 3 heteroatoms. The molecule has 1 aromatic rings. The minimum atomic E-state index is -0.174. The smallest absolute Gasteiger partial charge is 0.251 e. The fraction of sp³-hybridized carbons (Fsp3) is 0.357. The van der Waals surface area contributed by atoms with Gasteiger partial charge in [-0.2, -0.15) is 0 Å². The van der Waals surface area contributed by atoms with Crippen molar-refractivity contribution < 1.29 is 9.90 Å². The van der Waals surface area contributed by atoms with Gasteiger partial charge < -0.3 is 10.4 Å². The Hall–Kier alpha value is -1.79. The van der Waals surface area contributed by atoms with Crippen LogP contribution in [0.5, 0.6) is 0 Å². The number of carbonyl (C=O) groups excluding carboxylic acids is 1. The second-order valence-electron chi connectivity index (χ2n) is 3.65. The molecule has 1 aromatic carbocycles. The van der Waals surface area contributed by atoms with E-state index >= 15 is 0 Å². The quantitative estimate of drug-likeness (QED) is 0.610. The number of amides is 1. The highest BCUT2D eigenvalue weighted by atomic mass is 16.2. The van der Waals surface area contributed by atoms with Crippen molar-refractivity contribution in [2.24, 2.45) is 0 Å². The lowest BCUT2D eigenvalue weighted by Crippen LogP contribution is -2.24. The van der Waals surface area contributed by atoms with E-state index in [1.165, 1.54) is 0 Å². The van der Waals surface area contributed by atoms with Crippen LogP contribution in [-0.2, 0) is 0 Å². The van der Waals surface area contributed by atoms with Crippen LogP contribution < -0.4 is 5.32 Å². The number of aliphatic hydroxyl groups is 1. The molecule has 1 amide bonds. The van der Waals surface area contributed by atoms with Crippen molar-refractivity contribution in [3.63, 3.8) is 0 Å². The van der Waals surface area contributed by atoms with Crippen molar-refractivity contribution in [1.82, 2.24) is 5.32 Å². The topological polar surface area (TPSA) is 49.3 Å². The van der Waals surface area contributed by atoms with Gasteiger partial charge in [-0.3, -0.25) is 4.79 Å². The molecule has 0 aliphatic carbocycles. The molecular formula is C14H17NO2. The minimum absolute atomic E-state index is 0.0777. The predicted octanol–water partition coefficient (Wildman–Crippen LogP) is 1.56. The molecule has 0 atom stereocenters. The Bertz CT molecular complexity index is 429. The van der Waals surface area contributed by atoms with Crippen LogP contribution in [0.4, 0.5) is 0 Å². The van der Waals surface area contributed by atoms with E-state index in [-0.39, 0.29) is 12.5 Å². The van der Waals surface area contributed by atoms with Crippen molar-refractivity contribution >= 4 is 5.91 Å². The van der Waals surface area contributed by atoms with Crippen molar-refractivity contribution in [1.29, 1.82) is 0 Å². The maximum atomic E-state index is 11.7. The van der Waals surface area contributed by atoms with Gasteiger partial charge in [0.2, 0.25) is 0 Å². The zero-order valence-corrected chi connectivity index (χ0v) is 9.99. The average Bonchev–Trinajstić information content (AvgIpc) is 2.37. The lowest BCUT2D eigenvalue weighted by molar-refractivity contribution is 0.0953. The molecule has 0 unspecified atom stereocenters. The number of hydrogen-bond donors (Lipinski definition) is 2. The largest absolute Gasteiger partial charge is 0.384 e. The third kappa shape index (κ3) is 4.71. The van der Waals surface area contributed by atoms with Gasteiger partial charge in [-0.05, 0) is 24.6 Å². The molecule has 0 aromatic heterocycles. The summed E-state index contributed by atoms with van der Waals surface area (Å²) < 4.78 is 0. The Morgan fingerprint density at radius 3 is 3.00 bits per heavy atom. The Labute approximate surface area is 102 Å². The molecular weight excluding hydrogens is 214 g/mol. The van der Waals surface area contributed by atoms with E-state index in [9.17, 15) is 4.79 Å². The molecule has 0 saturated carbocycles. The van der Waals surface area contributed by atoms with Crippen LogP contribution in [0.25, 0.3) is 0 Å². The van der Waals surface area contributed by atoms with Crippen LogP contribution in [0.15, 0.2) is 24.3 Å². The summed E-state index contributed by atoms with van der Waals surface area (Å²) in [6.07, 6.45) is 2.04. The summed E-state index contributed by atoms with van der Waals surface area (Å²) in [5.41, 5.74) is 1.34. The van der Waals surface area contributed by atoms with Gasteiger partial charge >= 0.3 is 0 Å². The second kappa shape index (κ2) is 7.48. The van der Waals surface area contributed by atoms with Crippen LogP contribution >= 0.6 is 0 Å². The number of unbranched alkanes of at least 4 members (excludes halogenated alkanes) is 1. The normalized spacial score (nSPS) is 9.29. The molecule has 0 aliphatic heterocycles. The van der Waals surface area contributed by atoms with Gasteiger partial charge in [-0.25, -0.2) is 0 Å². The molecule has 1 rings (SSSR count). The monoisotopic (exact) mass is 231 g/mol. The lowest BCUT2D eigenvalue weighted by atomic mass is 10.1. The highest BCUT2D eigenvalue weighted by Crippen LogP contribution is 2.04. The summed E-state index contributed by atoms with van der Waals surface area (Å²) in [7, 11) is 0. The number of aliphatic hydroxyl groups excluding tert-OH is 1. The highest BCUT2D eigenvalue weighted by molar-refractivity contribution is 5.94. The molecule has 17 heavy (non-hydrogen) atoms. The summed E-state index contributed by atoms with van der Waals surface area (Å²) in [6.45, 7) is 2.60. The van der Waals surface area contributed by atoms with Gasteiger partial charge in [0.05, 0.1) is 0 Å². The van der Waals surface area contributed by atoms with E-state index in [4.69, 9.17) is 5.11 Å². The van der Waals surface area contributed by atoms with Crippen LogP contribution in [0, 0.1) is 11.8 Å². The Balaban J connectivity index is 2.67. The third-order valence-electron chi connectivity index (χ3n) is 2.25. The van der Waals surface area contributed by atoms with Gasteiger partial charge in [-0.1, -0.05) is 31.3 Å².